The van der Waals surface area contributed by atoms with Crippen molar-refractivity contribution in [2.45, 2.75) is 0 Å². The van der Waals surface area contributed by atoms with Crippen molar-refractivity contribution in [3.63, 3.8) is 0 Å². The standard InChI is InChI=1S/2C2H5N4O.Cu/c2*3-1(4)6-2(5)7;/h2*(H5-,3,4,5,6,7);/q2*-1;+2. The Kier molecular flexibility index (Phi) is 12.6. The van der Waals surface area contributed by atoms with Gasteiger partial charge in [0, 0.05) is 11.9 Å². The van der Waals surface area contributed by atoms with Crippen LogP contribution in [0.4, 0.5) is 9.59 Å². The van der Waals surface area contributed by atoms with Crippen LogP contribution < -0.4 is 33.6 Å². The van der Waals surface area contributed by atoms with Gasteiger partial charge in [0.15, 0.2) is 0 Å². The van der Waals surface area contributed by atoms with Gasteiger partial charge in [-0.1, -0.05) is 0 Å². The number of carbonyl (C=O) groups excluding carboxylic acids is 2. The van der Waals surface area contributed by atoms with Crippen LogP contribution in [-0.2, 0) is 17.1 Å². The fourth-order valence-electron chi connectivity index (χ4n) is 0.252. The number of urea groups is 2. The molecule has 0 heterocycles. The molecule has 0 fully saturated rings. The summed E-state index contributed by atoms with van der Waals surface area (Å²) in [4.78, 5) is 19.3. The average molecular weight is 266 g/mol. The predicted octanol–water partition coefficient (Wildman–Crippen LogP) is -2.92. The minimum atomic E-state index is -0.875. The largest absolute Gasteiger partial charge is 2.00 e. The third-order valence-electron chi connectivity index (χ3n) is 0.503. The molecule has 11 heteroatoms. The average Bonchev–Trinajstić information content (AvgIpc) is 1.79. The second-order valence-electron chi connectivity index (χ2n) is 1.75. The molecule has 4 amide bonds. The third-order valence-corrected chi connectivity index (χ3v) is 0.503. The van der Waals surface area contributed by atoms with Crippen molar-refractivity contribution in [1.29, 1.82) is 0 Å². The zero-order chi connectivity index (χ0) is 11.7. The molecule has 0 aromatic carbocycles. The van der Waals surface area contributed by atoms with Crippen LogP contribution >= 0.6 is 0 Å². The number of nitrogens with zero attached hydrogens (tertiary/aromatic N) is 2. The molecule has 0 aliphatic heterocycles. The van der Waals surface area contributed by atoms with Crippen LogP contribution in [0.5, 0.6) is 0 Å². The van der Waals surface area contributed by atoms with Crippen molar-refractivity contribution in [1.82, 2.24) is 10.6 Å². The quantitative estimate of drug-likeness (QED) is 0.154. The van der Waals surface area contributed by atoms with E-state index in [2.05, 4.69) is 22.9 Å². The van der Waals surface area contributed by atoms with Gasteiger partial charge in [-0.3, -0.25) is 9.59 Å². The van der Waals surface area contributed by atoms with Crippen LogP contribution in [0.25, 0.3) is 10.8 Å². The first kappa shape index (κ1) is 18.7. The minimum Gasteiger partial charge on any atom is -0.454 e. The van der Waals surface area contributed by atoms with Gasteiger partial charge in [-0.15, -0.1) is 0 Å². The van der Waals surface area contributed by atoms with Gasteiger partial charge in [0.2, 0.25) is 0 Å². The van der Waals surface area contributed by atoms with Gasteiger partial charge in [0.25, 0.3) is 12.1 Å². The van der Waals surface area contributed by atoms with Crippen molar-refractivity contribution in [3.05, 3.63) is 10.8 Å². The topological polar surface area (TPSA) is 207 Å². The molecule has 0 saturated carbocycles. The molecule has 0 saturated heterocycles. The summed E-state index contributed by atoms with van der Waals surface area (Å²) in [6.45, 7) is 0. The number of rotatable bonds is 0. The zero-order valence-corrected chi connectivity index (χ0v) is 8.26. The van der Waals surface area contributed by atoms with Crippen LogP contribution in [0.3, 0.4) is 0 Å². The minimum absolute atomic E-state index is 0. The van der Waals surface area contributed by atoms with Crippen LogP contribution in [0.2, 0.25) is 0 Å². The first-order valence-electron chi connectivity index (χ1n) is 3.01. The maximum Gasteiger partial charge on any atom is 2.00 e. The number of nitrogens with one attached hydrogen (secondary N) is 2. The first-order chi connectivity index (χ1) is 6.25. The SMILES string of the molecule is [Cu+2].[N-]=C(N)NC(N)=O.[N-]=C(N)NC(N)=O. The summed E-state index contributed by atoms with van der Waals surface area (Å²) < 4.78 is 0. The number of hydrogen-bond acceptors (Lipinski definition) is 2. The van der Waals surface area contributed by atoms with Crippen LogP contribution in [-0.4, -0.2) is 24.0 Å². The van der Waals surface area contributed by atoms with Crippen LogP contribution in [0.15, 0.2) is 0 Å². The van der Waals surface area contributed by atoms with Crippen molar-refractivity contribution < 1.29 is 26.7 Å². The summed E-state index contributed by atoms with van der Waals surface area (Å²) >= 11 is 0. The Morgan fingerprint density at radius 3 is 1.00 bits per heavy atom. The van der Waals surface area contributed by atoms with Gasteiger partial charge in [0.05, 0.1) is 0 Å². The maximum absolute atomic E-state index is 9.66. The second-order valence-corrected chi connectivity index (χ2v) is 1.75. The Bertz CT molecular complexity index is 203. The van der Waals surface area contributed by atoms with E-state index in [1.165, 1.54) is 0 Å². The van der Waals surface area contributed by atoms with E-state index in [0.717, 1.165) is 0 Å². The molecule has 0 spiro atoms. The summed E-state index contributed by atoms with van der Waals surface area (Å²) in [5, 5.41) is 19.4. The number of amides is 4. The molecule has 1 radical (unpaired) electrons. The van der Waals surface area contributed by atoms with E-state index in [0.29, 0.717) is 0 Å². The molecule has 0 aromatic heterocycles. The van der Waals surface area contributed by atoms with Crippen molar-refractivity contribution in [2.24, 2.45) is 22.9 Å². The van der Waals surface area contributed by atoms with Gasteiger partial charge >= 0.3 is 17.1 Å². The zero-order valence-electron chi connectivity index (χ0n) is 7.32. The number of hydrogen-bond donors (Lipinski definition) is 6. The van der Waals surface area contributed by atoms with E-state index in [1.54, 1.807) is 10.6 Å². The summed E-state index contributed by atoms with van der Waals surface area (Å²) in [6, 6.07) is -1.75. The molecule has 0 aromatic rings. The molecule has 0 bridgehead atoms. The van der Waals surface area contributed by atoms with E-state index in [1.807, 2.05) is 0 Å². The number of nitrogens with two attached hydrogens (primary N) is 4. The summed E-state index contributed by atoms with van der Waals surface area (Å²) in [6.07, 6.45) is 0. The van der Waals surface area contributed by atoms with E-state index in [9.17, 15) is 9.59 Å². The van der Waals surface area contributed by atoms with E-state index in [4.69, 9.17) is 10.8 Å². The van der Waals surface area contributed by atoms with Gasteiger partial charge in [-0.2, -0.15) is 0 Å². The first-order valence-corrected chi connectivity index (χ1v) is 3.01. The Morgan fingerprint density at radius 2 is 1.00 bits per heavy atom. The smallest absolute Gasteiger partial charge is 0.454 e. The van der Waals surface area contributed by atoms with Crippen molar-refractivity contribution in [2.75, 3.05) is 0 Å². The molecule has 0 aliphatic carbocycles. The number of guanidine groups is 2. The van der Waals surface area contributed by atoms with Gasteiger partial charge in [-0.05, 0) is 0 Å². The molecule has 0 rings (SSSR count). The van der Waals surface area contributed by atoms with E-state index >= 15 is 0 Å². The third kappa shape index (κ3) is 33.3. The predicted molar refractivity (Wildman–Crippen MR) is 50.5 cm³/mol. The fourth-order valence-corrected chi connectivity index (χ4v) is 0.252. The molecule has 0 aliphatic rings. The molecular formula is C4H10CuN8O2. The second kappa shape index (κ2) is 10.1. The fraction of sp³-hybridized carbons (Fsp3) is 0. The van der Waals surface area contributed by atoms with Crippen molar-refractivity contribution >= 4 is 24.0 Å². The summed E-state index contributed by atoms with van der Waals surface area (Å²) in [5.74, 6) is -1.37. The van der Waals surface area contributed by atoms with E-state index in [-0.39, 0.29) is 17.1 Å². The molecule has 10 N–H and O–H groups in total. The Labute approximate surface area is 95.6 Å². The molecule has 0 atom stereocenters. The van der Waals surface area contributed by atoms with Gasteiger partial charge < -0.3 is 44.4 Å². The summed E-state index contributed by atoms with van der Waals surface area (Å²) in [7, 11) is 0. The van der Waals surface area contributed by atoms with Crippen molar-refractivity contribution in [3.8, 4) is 0 Å². The van der Waals surface area contributed by atoms with Gasteiger partial charge in [-0.25, -0.2) is 0 Å². The Hall–Kier alpha value is -2.00. The van der Waals surface area contributed by atoms with E-state index < -0.39 is 24.0 Å². The monoisotopic (exact) mass is 265 g/mol. The maximum atomic E-state index is 9.66. The molecule has 10 nitrogen and oxygen atoms in total. The normalized spacial score (nSPS) is 6.93. The van der Waals surface area contributed by atoms with Gasteiger partial charge in [0.1, 0.15) is 0 Å². The Balaban J connectivity index is -0.000000180. The molecule has 0 unspecified atom stereocenters. The number of carbonyl (C=O) groups is 2. The molecule has 89 valence electrons. The Morgan fingerprint density at radius 1 is 0.800 bits per heavy atom. The molecule has 15 heavy (non-hydrogen) atoms. The van der Waals surface area contributed by atoms with Crippen LogP contribution in [0.1, 0.15) is 0 Å². The summed E-state index contributed by atoms with van der Waals surface area (Å²) in [5.41, 5.74) is 18.1. The van der Waals surface area contributed by atoms with Crippen LogP contribution in [0, 0.1) is 0 Å². The molecular weight excluding hydrogens is 256 g/mol. The number of primary amides is 2.